The Hall–Kier alpha value is -1.57. The molecule has 0 N–H and O–H groups in total. The lowest BCUT2D eigenvalue weighted by Gasteiger charge is -2.16. The van der Waals surface area contributed by atoms with Gasteiger partial charge >= 0.3 is 0 Å². The van der Waals surface area contributed by atoms with Crippen molar-refractivity contribution in [1.82, 2.24) is 4.57 Å². The largest absolute Gasteiger partial charge is 0.343 e. The number of nitrogens with zero attached hydrogens (tertiary/aromatic N) is 1. The lowest BCUT2D eigenvalue weighted by molar-refractivity contribution is -0.119. The summed E-state index contributed by atoms with van der Waals surface area (Å²) in [5.41, 5.74) is 3.91. The molecule has 1 aliphatic rings. The normalized spacial score (nSPS) is 15.4. The molecular formula is C14H15NO. The Morgan fingerprint density at radius 3 is 2.94 bits per heavy atom. The lowest BCUT2D eigenvalue weighted by Crippen LogP contribution is -2.19. The zero-order chi connectivity index (χ0) is 11.1. The number of hydrogen-bond donors (Lipinski definition) is 0. The number of carbonyl (C=O) groups is 1. The molecule has 0 radical (unpaired) electrons. The molecule has 3 rings (SSSR count). The van der Waals surface area contributed by atoms with Gasteiger partial charge in [0.15, 0.2) is 0 Å². The smallest absolute Gasteiger partial charge is 0.140 e. The summed E-state index contributed by atoms with van der Waals surface area (Å²) in [7, 11) is 0. The van der Waals surface area contributed by atoms with Crippen molar-refractivity contribution < 1.29 is 4.79 Å². The van der Waals surface area contributed by atoms with Crippen molar-refractivity contribution in [2.45, 2.75) is 32.7 Å². The Labute approximate surface area is 94.9 Å². The van der Waals surface area contributed by atoms with Gasteiger partial charge in [0, 0.05) is 36.0 Å². The van der Waals surface area contributed by atoms with E-state index in [2.05, 4.69) is 35.8 Å². The van der Waals surface area contributed by atoms with Crippen LogP contribution in [-0.2, 0) is 24.2 Å². The Balaban J connectivity index is 2.35. The maximum atomic E-state index is 11.6. The van der Waals surface area contributed by atoms with Gasteiger partial charge in [-0.05, 0) is 18.1 Å². The van der Waals surface area contributed by atoms with E-state index >= 15 is 0 Å². The molecule has 82 valence electrons. The van der Waals surface area contributed by atoms with Crippen molar-refractivity contribution in [1.29, 1.82) is 0 Å². The fraction of sp³-hybridized carbons (Fsp3) is 0.357. The average Bonchev–Trinajstić information content (AvgIpc) is 2.61. The molecule has 0 unspecified atom stereocenters. The number of aryl methyl sites for hydroxylation is 2. The van der Waals surface area contributed by atoms with Crippen molar-refractivity contribution in [3.8, 4) is 0 Å². The molecule has 0 aliphatic carbocycles. The van der Waals surface area contributed by atoms with E-state index in [-0.39, 0.29) is 0 Å². The summed E-state index contributed by atoms with van der Waals surface area (Å²) in [4.78, 5) is 11.6. The van der Waals surface area contributed by atoms with Gasteiger partial charge in [0.2, 0.25) is 0 Å². The molecule has 2 aromatic rings. The first-order chi connectivity index (χ1) is 7.81. The number of fused-ring (bicyclic) bond motifs is 3. The number of hydrogen-bond acceptors (Lipinski definition) is 1. The van der Waals surface area contributed by atoms with Crippen molar-refractivity contribution in [3.63, 3.8) is 0 Å². The van der Waals surface area contributed by atoms with Gasteiger partial charge in [0.25, 0.3) is 0 Å². The van der Waals surface area contributed by atoms with Crippen molar-refractivity contribution in [2.24, 2.45) is 0 Å². The second kappa shape index (κ2) is 3.48. The summed E-state index contributed by atoms with van der Waals surface area (Å²) in [6.45, 7) is 3.02. The first kappa shape index (κ1) is 9.64. The number of Topliss-reactive ketones (excluding diaryl/α,β-unsaturated/α-hetero) is 1. The number of rotatable bonds is 1. The van der Waals surface area contributed by atoms with Crippen LogP contribution in [0.3, 0.4) is 0 Å². The summed E-state index contributed by atoms with van der Waals surface area (Å²) in [5, 5.41) is 1.33. The molecule has 2 heteroatoms. The van der Waals surface area contributed by atoms with Gasteiger partial charge in [-0.2, -0.15) is 0 Å². The van der Waals surface area contributed by atoms with Crippen LogP contribution in [0, 0.1) is 0 Å². The molecule has 0 bridgehead atoms. The SMILES string of the molecule is CCc1c2n(c3ccccc13)CCC(=O)C2. The van der Waals surface area contributed by atoms with Gasteiger partial charge in [-0.3, -0.25) is 4.79 Å². The summed E-state index contributed by atoms with van der Waals surface area (Å²) in [6.07, 6.45) is 2.32. The third kappa shape index (κ3) is 1.22. The molecule has 1 aromatic heterocycles. The minimum absolute atomic E-state index is 0.380. The van der Waals surface area contributed by atoms with Crippen LogP contribution in [0.2, 0.25) is 0 Å². The van der Waals surface area contributed by atoms with E-state index in [1.54, 1.807) is 0 Å². The number of aromatic nitrogens is 1. The first-order valence-electron chi connectivity index (χ1n) is 5.92. The number of ketones is 1. The van der Waals surface area contributed by atoms with Crippen molar-refractivity contribution >= 4 is 16.7 Å². The van der Waals surface area contributed by atoms with Crippen LogP contribution < -0.4 is 0 Å². The van der Waals surface area contributed by atoms with Crippen molar-refractivity contribution in [3.05, 3.63) is 35.5 Å². The van der Waals surface area contributed by atoms with E-state index in [0.717, 1.165) is 13.0 Å². The van der Waals surface area contributed by atoms with Gasteiger partial charge < -0.3 is 4.57 Å². The Kier molecular flexibility index (Phi) is 2.10. The van der Waals surface area contributed by atoms with Gasteiger partial charge in [-0.15, -0.1) is 0 Å². The topological polar surface area (TPSA) is 22.0 Å². The van der Waals surface area contributed by atoms with E-state index in [4.69, 9.17) is 0 Å². The highest BCUT2D eigenvalue weighted by Crippen LogP contribution is 2.29. The summed E-state index contributed by atoms with van der Waals surface area (Å²) >= 11 is 0. The molecule has 0 amide bonds. The molecule has 0 saturated carbocycles. The summed E-state index contributed by atoms with van der Waals surface area (Å²) < 4.78 is 2.33. The second-order valence-corrected chi connectivity index (χ2v) is 4.41. The van der Waals surface area contributed by atoms with Crippen LogP contribution in [0.15, 0.2) is 24.3 Å². The van der Waals surface area contributed by atoms with Gasteiger partial charge in [-0.25, -0.2) is 0 Å². The molecule has 16 heavy (non-hydrogen) atoms. The fourth-order valence-electron chi connectivity index (χ4n) is 2.79. The molecule has 0 spiro atoms. The quantitative estimate of drug-likeness (QED) is 0.714. The van der Waals surface area contributed by atoms with Crippen LogP contribution in [0.25, 0.3) is 10.9 Å². The standard InChI is InChI=1S/C14H15NO/c1-2-11-12-5-3-4-6-13(12)15-8-7-10(16)9-14(11)15/h3-6H,2,7-9H2,1H3. The predicted octanol–water partition coefficient (Wildman–Crippen LogP) is 2.72. The highest BCUT2D eigenvalue weighted by Gasteiger charge is 2.21. The molecule has 2 heterocycles. The number of benzene rings is 1. The lowest BCUT2D eigenvalue weighted by atomic mass is 10.0. The first-order valence-corrected chi connectivity index (χ1v) is 5.92. The molecule has 0 saturated heterocycles. The van der Waals surface area contributed by atoms with E-state index in [9.17, 15) is 4.79 Å². The molecule has 1 aromatic carbocycles. The minimum atomic E-state index is 0.380. The Bertz CT molecular complexity index is 532. The molecule has 0 atom stereocenters. The van der Waals surface area contributed by atoms with E-state index in [0.29, 0.717) is 18.6 Å². The van der Waals surface area contributed by atoms with Crippen molar-refractivity contribution in [2.75, 3.05) is 0 Å². The highest BCUT2D eigenvalue weighted by molar-refractivity contribution is 5.90. The molecular weight excluding hydrogens is 198 g/mol. The van der Waals surface area contributed by atoms with E-state index in [1.165, 1.54) is 22.2 Å². The van der Waals surface area contributed by atoms with Gasteiger partial charge in [0.1, 0.15) is 5.78 Å². The van der Waals surface area contributed by atoms with Crippen LogP contribution in [0.5, 0.6) is 0 Å². The van der Waals surface area contributed by atoms with E-state index < -0.39 is 0 Å². The zero-order valence-corrected chi connectivity index (χ0v) is 9.49. The Morgan fingerprint density at radius 2 is 2.12 bits per heavy atom. The molecule has 1 aliphatic heterocycles. The van der Waals surface area contributed by atoms with Gasteiger partial charge in [0.05, 0.1) is 0 Å². The maximum Gasteiger partial charge on any atom is 0.140 e. The Morgan fingerprint density at radius 1 is 1.31 bits per heavy atom. The monoisotopic (exact) mass is 213 g/mol. The fourth-order valence-corrected chi connectivity index (χ4v) is 2.79. The third-order valence-corrected chi connectivity index (χ3v) is 3.53. The van der Waals surface area contributed by atoms with Gasteiger partial charge in [-0.1, -0.05) is 25.1 Å². The molecule has 2 nitrogen and oxygen atoms in total. The second-order valence-electron chi connectivity index (χ2n) is 4.41. The van der Waals surface area contributed by atoms with Crippen LogP contribution in [0.1, 0.15) is 24.6 Å². The maximum absolute atomic E-state index is 11.6. The molecule has 0 fully saturated rings. The highest BCUT2D eigenvalue weighted by atomic mass is 16.1. The van der Waals surface area contributed by atoms with Crippen LogP contribution in [-0.4, -0.2) is 10.4 Å². The summed E-state index contributed by atoms with van der Waals surface area (Å²) in [5.74, 6) is 0.380. The van der Waals surface area contributed by atoms with E-state index in [1.807, 2.05) is 0 Å². The third-order valence-electron chi connectivity index (χ3n) is 3.53. The number of carbonyl (C=O) groups excluding carboxylic acids is 1. The van der Waals surface area contributed by atoms with Crippen LogP contribution >= 0.6 is 0 Å². The predicted molar refractivity (Wildman–Crippen MR) is 64.6 cm³/mol. The number of para-hydroxylation sites is 1. The van der Waals surface area contributed by atoms with Crippen LogP contribution in [0.4, 0.5) is 0 Å². The zero-order valence-electron chi connectivity index (χ0n) is 9.49. The average molecular weight is 213 g/mol. The summed E-state index contributed by atoms with van der Waals surface area (Å²) in [6, 6.07) is 8.48. The minimum Gasteiger partial charge on any atom is -0.343 e.